The fourth-order valence-electron chi connectivity index (χ4n) is 1.87. The first-order valence-corrected chi connectivity index (χ1v) is 10.4. The van der Waals surface area contributed by atoms with E-state index in [-0.39, 0.29) is 11.7 Å². The second-order valence-electron chi connectivity index (χ2n) is 8.09. The lowest BCUT2D eigenvalue weighted by molar-refractivity contribution is -0.0634. The van der Waals surface area contributed by atoms with E-state index < -0.39 is 8.24 Å². The minimum atomic E-state index is -1.52. The predicted molar refractivity (Wildman–Crippen MR) is 89.2 cm³/mol. The predicted octanol–water partition coefficient (Wildman–Crippen LogP) is 4.73. The van der Waals surface area contributed by atoms with Gasteiger partial charge in [-0.05, 0) is 39.2 Å². The number of hydrogen-bond acceptors (Lipinski definition) is 2. The van der Waals surface area contributed by atoms with Gasteiger partial charge in [-0.1, -0.05) is 39.9 Å². The molecule has 0 aliphatic rings. The number of hydrogen-bond donors (Lipinski definition) is 1. The highest BCUT2D eigenvalue weighted by Crippen LogP contribution is 2.34. The third-order valence-electron chi connectivity index (χ3n) is 3.95. The summed E-state index contributed by atoms with van der Waals surface area (Å²) in [6.07, 6.45) is 3.13. The van der Waals surface area contributed by atoms with E-state index in [4.69, 9.17) is 4.74 Å². The molecule has 0 amide bonds. The Bertz CT molecular complexity index is 286. The summed E-state index contributed by atoms with van der Waals surface area (Å²) >= 11 is 0. The van der Waals surface area contributed by atoms with Crippen LogP contribution in [0.25, 0.3) is 0 Å². The zero-order valence-corrected chi connectivity index (χ0v) is 15.6. The Morgan fingerprint density at radius 2 is 1.63 bits per heavy atom. The van der Waals surface area contributed by atoms with E-state index in [1.807, 2.05) is 6.08 Å². The van der Waals surface area contributed by atoms with Crippen molar-refractivity contribution in [1.29, 1.82) is 0 Å². The van der Waals surface area contributed by atoms with Gasteiger partial charge in [0, 0.05) is 6.04 Å². The van der Waals surface area contributed by atoms with Gasteiger partial charge in [-0.15, -0.1) is 6.58 Å². The van der Waals surface area contributed by atoms with Gasteiger partial charge in [-0.2, -0.15) is 0 Å². The summed E-state index contributed by atoms with van der Waals surface area (Å²) in [6.45, 7) is 24.2. The third kappa shape index (κ3) is 6.73. The monoisotopic (exact) mass is 285 g/mol. The summed E-state index contributed by atoms with van der Waals surface area (Å²) in [5.41, 5.74) is -0.103. The average molecular weight is 286 g/mol. The molecule has 114 valence electrons. The molecule has 0 radical (unpaired) electrons. The van der Waals surface area contributed by atoms with E-state index in [2.05, 4.69) is 73.1 Å². The van der Waals surface area contributed by atoms with Crippen LogP contribution in [-0.2, 0) is 4.74 Å². The average Bonchev–Trinajstić information content (AvgIpc) is 2.12. The van der Waals surface area contributed by atoms with Crippen molar-refractivity contribution in [3.8, 4) is 0 Å². The first kappa shape index (κ1) is 18.9. The van der Waals surface area contributed by atoms with Gasteiger partial charge in [-0.3, -0.25) is 0 Å². The van der Waals surface area contributed by atoms with E-state index in [1.54, 1.807) is 0 Å². The van der Waals surface area contributed by atoms with Crippen molar-refractivity contribution in [2.24, 2.45) is 0 Å². The third-order valence-corrected chi connectivity index (χ3v) is 8.79. The quantitative estimate of drug-likeness (QED) is 0.563. The minimum Gasteiger partial charge on any atom is -0.371 e. The van der Waals surface area contributed by atoms with Crippen molar-refractivity contribution in [3.63, 3.8) is 0 Å². The SMILES string of the molecule is C=CC[C@@H](N[Si](C)(C)C(C)(C)C)[C@H](C)OC(C)(C)C. The van der Waals surface area contributed by atoms with Crippen LogP contribution < -0.4 is 4.98 Å². The van der Waals surface area contributed by atoms with Gasteiger partial charge in [0.15, 0.2) is 0 Å². The van der Waals surface area contributed by atoms with Crippen molar-refractivity contribution < 1.29 is 4.74 Å². The maximum absolute atomic E-state index is 6.12. The van der Waals surface area contributed by atoms with E-state index in [9.17, 15) is 0 Å². The molecule has 0 aromatic carbocycles. The van der Waals surface area contributed by atoms with Crippen molar-refractivity contribution in [1.82, 2.24) is 4.98 Å². The van der Waals surface area contributed by atoms with Crippen molar-refractivity contribution in [2.45, 2.75) is 90.8 Å². The molecule has 0 fully saturated rings. The second-order valence-corrected chi connectivity index (χ2v) is 13.1. The van der Waals surface area contributed by atoms with Crippen LogP contribution in [0.3, 0.4) is 0 Å². The Kier molecular flexibility index (Phi) is 6.51. The highest BCUT2D eigenvalue weighted by molar-refractivity contribution is 6.77. The Labute approximate surface area is 122 Å². The number of ether oxygens (including phenoxy) is 1. The standard InChI is InChI=1S/C16H35NOSi/c1-11-12-14(13(2)18-15(3,4)5)17-19(9,10)16(6,7)8/h11,13-14,17H,1,12H2,2-10H3/t13-,14+/m0/s1. The highest BCUT2D eigenvalue weighted by atomic mass is 28.3. The molecule has 0 unspecified atom stereocenters. The molecule has 0 spiro atoms. The molecule has 0 aliphatic heterocycles. The Balaban J connectivity index is 4.88. The summed E-state index contributed by atoms with van der Waals surface area (Å²) < 4.78 is 6.12. The van der Waals surface area contributed by atoms with Crippen LogP contribution in [0.1, 0.15) is 54.9 Å². The van der Waals surface area contributed by atoms with Gasteiger partial charge < -0.3 is 9.72 Å². The number of rotatable bonds is 6. The molecule has 0 rings (SSSR count). The molecule has 0 saturated heterocycles. The first-order chi connectivity index (χ1) is 8.30. The molecule has 0 aromatic heterocycles. The van der Waals surface area contributed by atoms with Crippen LogP contribution in [0.2, 0.25) is 18.1 Å². The molecule has 2 atom stereocenters. The molecule has 0 aromatic rings. The molecule has 0 saturated carbocycles. The van der Waals surface area contributed by atoms with Crippen LogP contribution in [0.5, 0.6) is 0 Å². The highest BCUT2D eigenvalue weighted by Gasteiger charge is 2.38. The minimum absolute atomic E-state index is 0.103. The summed E-state index contributed by atoms with van der Waals surface area (Å²) in [5.74, 6) is 0. The molecule has 3 heteroatoms. The van der Waals surface area contributed by atoms with Gasteiger partial charge in [-0.25, -0.2) is 0 Å². The molecule has 19 heavy (non-hydrogen) atoms. The van der Waals surface area contributed by atoms with Crippen LogP contribution in [0.4, 0.5) is 0 Å². The zero-order valence-electron chi connectivity index (χ0n) is 14.6. The van der Waals surface area contributed by atoms with Crippen molar-refractivity contribution >= 4 is 8.24 Å². The normalized spacial score (nSPS) is 17.1. The Morgan fingerprint density at radius 1 is 1.16 bits per heavy atom. The lowest BCUT2D eigenvalue weighted by atomic mass is 10.1. The summed E-state index contributed by atoms with van der Waals surface area (Å²) in [4.78, 5) is 3.90. The smallest absolute Gasteiger partial charge is 0.125 e. The fraction of sp³-hybridized carbons (Fsp3) is 0.875. The van der Waals surface area contributed by atoms with Crippen LogP contribution in [0.15, 0.2) is 12.7 Å². The van der Waals surface area contributed by atoms with Gasteiger partial charge in [0.25, 0.3) is 0 Å². The van der Waals surface area contributed by atoms with Gasteiger partial charge in [0.05, 0.1) is 11.7 Å². The fourth-order valence-corrected chi connectivity index (χ4v) is 3.58. The maximum Gasteiger partial charge on any atom is 0.125 e. The summed E-state index contributed by atoms with van der Waals surface area (Å²) in [7, 11) is -1.52. The molecule has 0 bridgehead atoms. The molecule has 0 heterocycles. The molecule has 2 nitrogen and oxygen atoms in total. The van der Waals surface area contributed by atoms with Crippen molar-refractivity contribution in [3.05, 3.63) is 12.7 Å². The van der Waals surface area contributed by atoms with E-state index in [0.29, 0.717) is 11.1 Å². The summed E-state index contributed by atoms with van der Waals surface area (Å²) in [5, 5.41) is 0.327. The maximum atomic E-state index is 6.12. The van der Waals surface area contributed by atoms with Crippen LogP contribution >= 0.6 is 0 Å². The van der Waals surface area contributed by atoms with E-state index >= 15 is 0 Å². The molecular formula is C16H35NOSi. The lowest BCUT2D eigenvalue weighted by Crippen LogP contribution is -2.59. The zero-order chi connectivity index (χ0) is 15.5. The van der Waals surface area contributed by atoms with Gasteiger partial charge >= 0.3 is 0 Å². The van der Waals surface area contributed by atoms with E-state index in [0.717, 1.165) is 6.42 Å². The largest absolute Gasteiger partial charge is 0.371 e. The van der Waals surface area contributed by atoms with Crippen LogP contribution in [0, 0.1) is 0 Å². The molecular weight excluding hydrogens is 250 g/mol. The summed E-state index contributed by atoms with van der Waals surface area (Å²) in [6, 6.07) is 0.345. The topological polar surface area (TPSA) is 21.3 Å². The number of nitrogens with one attached hydrogen (secondary N) is 1. The second kappa shape index (κ2) is 6.55. The van der Waals surface area contributed by atoms with Crippen molar-refractivity contribution in [2.75, 3.05) is 0 Å². The van der Waals surface area contributed by atoms with Crippen LogP contribution in [-0.4, -0.2) is 26.0 Å². The van der Waals surface area contributed by atoms with Gasteiger partial charge in [0.2, 0.25) is 0 Å². The lowest BCUT2D eigenvalue weighted by Gasteiger charge is -2.42. The molecule has 0 aliphatic carbocycles. The Hall–Kier alpha value is -0.123. The Morgan fingerprint density at radius 3 is 1.95 bits per heavy atom. The first-order valence-electron chi connectivity index (χ1n) is 7.36. The van der Waals surface area contributed by atoms with E-state index in [1.165, 1.54) is 0 Å². The van der Waals surface area contributed by atoms with Gasteiger partial charge in [0.1, 0.15) is 8.24 Å². The molecule has 1 N–H and O–H groups in total.